The van der Waals surface area contributed by atoms with Crippen molar-refractivity contribution in [3.8, 4) is 11.1 Å². The summed E-state index contributed by atoms with van der Waals surface area (Å²) in [6.45, 7) is 0. The molecule has 1 nitrogen and oxygen atoms in total. The number of hydrogen-bond acceptors (Lipinski definition) is 1. The second-order valence-corrected chi connectivity index (χ2v) is 2.72. The highest BCUT2D eigenvalue weighted by molar-refractivity contribution is 6.33. The van der Waals surface area contributed by atoms with Gasteiger partial charge in [-0.25, -0.2) is 0 Å². The summed E-state index contributed by atoms with van der Waals surface area (Å²) in [5, 5.41) is 0.612. The number of hydrogen-bond donors (Lipinski definition) is 0. The Morgan fingerprint density at radius 2 is 1.91 bits per heavy atom. The van der Waals surface area contributed by atoms with Gasteiger partial charge in [-0.15, -0.1) is 0 Å². The zero-order valence-electron chi connectivity index (χ0n) is 5.60. The molecular formula is C9H4ClO. The first-order valence-electron chi connectivity index (χ1n) is 3.22. The van der Waals surface area contributed by atoms with Crippen LogP contribution in [0.1, 0.15) is 0 Å². The summed E-state index contributed by atoms with van der Waals surface area (Å²) in [6, 6.07) is 9.84. The van der Waals surface area contributed by atoms with Crippen LogP contribution in [0.25, 0.3) is 11.1 Å². The third-order valence-electron chi connectivity index (χ3n) is 1.55. The van der Waals surface area contributed by atoms with Crippen molar-refractivity contribution in [3.63, 3.8) is 0 Å². The smallest absolute Gasteiger partial charge is 0.195 e. The Bertz CT molecular complexity index is 397. The van der Waals surface area contributed by atoms with Crippen LogP contribution < -0.4 is 5.43 Å². The molecule has 53 valence electrons. The summed E-state index contributed by atoms with van der Waals surface area (Å²) < 4.78 is 0. The van der Waals surface area contributed by atoms with Gasteiger partial charge in [0.05, 0.1) is 0 Å². The highest BCUT2D eigenvalue weighted by Crippen LogP contribution is 2.26. The molecule has 11 heavy (non-hydrogen) atoms. The molecule has 0 saturated heterocycles. The van der Waals surface area contributed by atoms with Gasteiger partial charge in [0.15, 0.2) is 5.43 Å². The maximum Gasteiger partial charge on any atom is 0.195 e. The van der Waals surface area contributed by atoms with E-state index in [0.717, 1.165) is 5.56 Å². The monoisotopic (exact) mass is 163 g/mol. The summed E-state index contributed by atoms with van der Waals surface area (Å²) in [4.78, 5) is 10.6. The second kappa shape index (κ2) is 2.21. The maximum absolute atomic E-state index is 10.6. The van der Waals surface area contributed by atoms with Crippen LogP contribution in [0.2, 0.25) is 5.02 Å². The fraction of sp³-hybridized carbons (Fsp3) is 0. The van der Waals surface area contributed by atoms with Crippen LogP contribution in [-0.2, 0) is 0 Å². The Balaban J connectivity index is 2.56. The Labute approximate surface area is 68.9 Å². The summed E-state index contributed by atoms with van der Waals surface area (Å²) in [6.07, 6.45) is 0. The molecule has 0 aliphatic heterocycles. The molecule has 2 aromatic carbocycles. The molecule has 0 aliphatic carbocycles. The predicted molar refractivity (Wildman–Crippen MR) is 44.4 cm³/mol. The van der Waals surface area contributed by atoms with Crippen molar-refractivity contribution in [1.29, 1.82) is 0 Å². The first-order chi connectivity index (χ1) is 5.29. The molecule has 0 aromatic heterocycles. The summed E-state index contributed by atoms with van der Waals surface area (Å²) in [5.74, 6) is 0. The first kappa shape index (κ1) is 6.62. The van der Waals surface area contributed by atoms with E-state index in [1.165, 1.54) is 0 Å². The molecule has 1 radical (unpaired) electrons. The van der Waals surface area contributed by atoms with Crippen molar-refractivity contribution < 1.29 is 0 Å². The average Bonchev–Trinajstić information content (AvgIpc) is 2.68. The van der Waals surface area contributed by atoms with Crippen molar-refractivity contribution in [2.45, 2.75) is 0 Å². The van der Waals surface area contributed by atoms with Gasteiger partial charge in [0.1, 0.15) is 0 Å². The molecule has 0 fully saturated rings. The number of halogens is 1. The fourth-order valence-corrected chi connectivity index (χ4v) is 1.17. The van der Waals surface area contributed by atoms with Crippen molar-refractivity contribution in [2.75, 3.05) is 0 Å². The van der Waals surface area contributed by atoms with E-state index >= 15 is 0 Å². The quantitative estimate of drug-likeness (QED) is 0.629. The van der Waals surface area contributed by atoms with Crippen molar-refractivity contribution in [3.05, 3.63) is 45.6 Å². The third-order valence-corrected chi connectivity index (χ3v) is 1.88. The molecule has 2 rings (SSSR count). The molecule has 0 atom stereocenters. The van der Waals surface area contributed by atoms with E-state index in [9.17, 15) is 4.79 Å². The molecule has 2 heteroatoms. The number of benzene rings is 1. The van der Waals surface area contributed by atoms with E-state index in [2.05, 4.69) is 6.07 Å². The Kier molecular flexibility index (Phi) is 1.33. The van der Waals surface area contributed by atoms with Crippen LogP contribution in [0.15, 0.2) is 29.1 Å². The van der Waals surface area contributed by atoms with Gasteiger partial charge in [-0.05, 0) is 6.07 Å². The van der Waals surface area contributed by atoms with Crippen molar-refractivity contribution >= 4 is 11.6 Å². The van der Waals surface area contributed by atoms with E-state index in [-0.39, 0.29) is 5.43 Å². The Hall–Kier alpha value is -1.08. The molecule has 0 bridgehead atoms. The van der Waals surface area contributed by atoms with Crippen LogP contribution in [0.4, 0.5) is 0 Å². The lowest BCUT2D eigenvalue weighted by molar-refractivity contribution is 1.70. The van der Waals surface area contributed by atoms with Gasteiger partial charge < -0.3 is 0 Å². The average molecular weight is 164 g/mol. The SMILES string of the molecule is O=c1[c]c1-c1ccccc1Cl. The summed E-state index contributed by atoms with van der Waals surface area (Å²) >= 11 is 5.81. The molecule has 0 N–H and O–H groups in total. The summed E-state index contributed by atoms with van der Waals surface area (Å²) in [5.41, 5.74) is 1.38. The molecular weight excluding hydrogens is 160 g/mol. The predicted octanol–water partition coefficient (Wildman–Crippen LogP) is 2.04. The lowest BCUT2D eigenvalue weighted by Crippen LogP contribution is -1.77. The molecule has 0 saturated carbocycles. The molecule has 0 heterocycles. The lowest BCUT2D eigenvalue weighted by atomic mass is 10.2. The molecule has 0 unspecified atom stereocenters. The Morgan fingerprint density at radius 3 is 2.45 bits per heavy atom. The van der Waals surface area contributed by atoms with E-state index in [4.69, 9.17) is 11.6 Å². The van der Waals surface area contributed by atoms with E-state index in [1.807, 2.05) is 18.2 Å². The molecule has 0 spiro atoms. The third kappa shape index (κ3) is 1.08. The summed E-state index contributed by atoms with van der Waals surface area (Å²) in [7, 11) is 0. The standard InChI is InChI=1S/C9H4ClO/c10-8-4-2-1-3-6(8)7-5-9(7)11/h1-4H. The van der Waals surface area contributed by atoms with E-state index < -0.39 is 0 Å². The van der Waals surface area contributed by atoms with Gasteiger partial charge >= 0.3 is 0 Å². The van der Waals surface area contributed by atoms with Crippen LogP contribution in [0.5, 0.6) is 0 Å². The highest BCUT2D eigenvalue weighted by atomic mass is 35.5. The van der Waals surface area contributed by atoms with Gasteiger partial charge in [0, 0.05) is 22.2 Å². The van der Waals surface area contributed by atoms with Gasteiger partial charge in [-0.2, -0.15) is 0 Å². The topological polar surface area (TPSA) is 17.1 Å². The van der Waals surface area contributed by atoms with Gasteiger partial charge in [0.25, 0.3) is 0 Å². The first-order valence-corrected chi connectivity index (χ1v) is 3.60. The minimum atomic E-state index is -0.0295. The maximum atomic E-state index is 10.6. The minimum Gasteiger partial charge on any atom is -0.289 e. The van der Waals surface area contributed by atoms with E-state index in [1.54, 1.807) is 6.07 Å². The van der Waals surface area contributed by atoms with Crippen molar-refractivity contribution in [1.82, 2.24) is 0 Å². The van der Waals surface area contributed by atoms with Crippen LogP contribution >= 0.6 is 11.6 Å². The molecule has 0 aliphatic rings. The van der Waals surface area contributed by atoms with Gasteiger partial charge in [0.2, 0.25) is 0 Å². The highest BCUT2D eigenvalue weighted by Gasteiger charge is 2.13. The zero-order chi connectivity index (χ0) is 7.84. The molecule has 0 amide bonds. The minimum absolute atomic E-state index is 0.0295. The Morgan fingerprint density at radius 1 is 1.27 bits per heavy atom. The van der Waals surface area contributed by atoms with Crippen LogP contribution in [-0.4, -0.2) is 0 Å². The normalized spacial score (nSPS) is 10.6. The largest absolute Gasteiger partial charge is 0.289 e. The lowest BCUT2D eigenvalue weighted by Gasteiger charge is -1.93. The van der Waals surface area contributed by atoms with Gasteiger partial charge in [-0.3, -0.25) is 4.79 Å². The zero-order valence-corrected chi connectivity index (χ0v) is 6.35. The van der Waals surface area contributed by atoms with Gasteiger partial charge in [-0.1, -0.05) is 29.8 Å². The fourth-order valence-electron chi connectivity index (χ4n) is 0.936. The number of rotatable bonds is 1. The van der Waals surface area contributed by atoms with Crippen LogP contribution in [0, 0.1) is 6.07 Å². The van der Waals surface area contributed by atoms with Crippen molar-refractivity contribution in [2.24, 2.45) is 0 Å². The second-order valence-electron chi connectivity index (χ2n) is 2.31. The molecule has 2 aromatic rings. The van der Waals surface area contributed by atoms with Crippen LogP contribution in [0.3, 0.4) is 0 Å². The van der Waals surface area contributed by atoms with E-state index in [0.29, 0.717) is 10.6 Å².